The summed E-state index contributed by atoms with van der Waals surface area (Å²) in [5.74, 6) is 1.41. The van der Waals surface area contributed by atoms with Gasteiger partial charge in [-0.1, -0.05) is 0 Å². The summed E-state index contributed by atoms with van der Waals surface area (Å²) in [7, 11) is 1.79. The minimum absolute atomic E-state index is 0.562. The van der Waals surface area contributed by atoms with Gasteiger partial charge in [0.25, 0.3) is 0 Å². The first kappa shape index (κ1) is 12.2. The van der Waals surface area contributed by atoms with E-state index in [0.717, 1.165) is 37.3 Å². The molecule has 7 heteroatoms. The second kappa shape index (κ2) is 4.34. The molecule has 0 bridgehead atoms. The molecule has 0 aliphatic carbocycles. The average molecular weight is 262 g/mol. The van der Waals surface area contributed by atoms with Gasteiger partial charge in [0, 0.05) is 20.1 Å². The zero-order valence-electron chi connectivity index (χ0n) is 11.1. The highest BCUT2D eigenvalue weighted by Gasteiger charge is 2.29. The molecule has 0 unspecified atom stereocenters. The number of fused-ring (bicyclic) bond motifs is 1. The topological polar surface area (TPSA) is 90.0 Å². The van der Waals surface area contributed by atoms with E-state index >= 15 is 0 Å². The monoisotopic (exact) mass is 262 g/mol. The van der Waals surface area contributed by atoms with Gasteiger partial charge in [-0.15, -0.1) is 0 Å². The van der Waals surface area contributed by atoms with Gasteiger partial charge >= 0.3 is 0 Å². The summed E-state index contributed by atoms with van der Waals surface area (Å²) in [6.07, 6.45) is 3.10. The van der Waals surface area contributed by atoms with E-state index in [0.29, 0.717) is 11.6 Å². The Morgan fingerprint density at radius 3 is 2.79 bits per heavy atom. The fourth-order valence-corrected chi connectivity index (χ4v) is 2.36. The molecule has 1 aliphatic rings. The molecule has 0 amide bonds. The van der Waals surface area contributed by atoms with Crippen molar-refractivity contribution in [1.82, 2.24) is 19.9 Å². The Morgan fingerprint density at radius 2 is 2.11 bits per heavy atom. The lowest BCUT2D eigenvalue weighted by Gasteiger charge is -2.36. The summed E-state index contributed by atoms with van der Waals surface area (Å²) >= 11 is 0. The van der Waals surface area contributed by atoms with Crippen LogP contribution in [0.2, 0.25) is 0 Å². The van der Waals surface area contributed by atoms with Crippen molar-refractivity contribution in [2.45, 2.75) is 25.4 Å². The zero-order valence-corrected chi connectivity index (χ0v) is 11.1. The average Bonchev–Trinajstić information content (AvgIpc) is 2.86. The van der Waals surface area contributed by atoms with Gasteiger partial charge in [0.1, 0.15) is 5.52 Å². The number of rotatable bonds is 2. The Labute approximate surface area is 111 Å². The molecule has 0 saturated carbocycles. The second-order valence-corrected chi connectivity index (χ2v) is 5.21. The largest absolute Gasteiger partial charge is 0.390 e. The molecule has 19 heavy (non-hydrogen) atoms. The maximum atomic E-state index is 10.0. The molecule has 3 rings (SSSR count). The Balaban J connectivity index is 1.98. The first-order valence-electron chi connectivity index (χ1n) is 6.45. The van der Waals surface area contributed by atoms with Crippen LogP contribution in [0.3, 0.4) is 0 Å². The highest BCUT2D eigenvalue weighted by atomic mass is 16.3. The molecule has 1 fully saturated rings. The van der Waals surface area contributed by atoms with Gasteiger partial charge in [0.05, 0.1) is 11.9 Å². The van der Waals surface area contributed by atoms with E-state index < -0.39 is 5.60 Å². The molecule has 0 aromatic carbocycles. The maximum absolute atomic E-state index is 10.0. The molecule has 0 atom stereocenters. The molecule has 1 saturated heterocycles. The second-order valence-electron chi connectivity index (χ2n) is 5.21. The molecule has 2 aromatic rings. The maximum Gasteiger partial charge on any atom is 0.226 e. The quantitative estimate of drug-likeness (QED) is 0.740. The minimum Gasteiger partial charge on any atom is -0.390 e. The van der Waals surface area contributed by atoms with Gasteiger partial charge < -0.3 is 20.3 Å². The number of imidazole rings is 1. The number of H-pyrrole nitrogens is 1. The van der Waals surface area contributed by atoms with Gasteiger partial charge in [0.2, 0.25) is 5.95 Å². The fraction of sp³-hybridized carbons (Fsp3) is 0.583. The molecular formula is C12H18N6O. The summed E-state index contributed by atoms with van der Waals surface area (Å²) in [6.45, 7) is 3.44. The highest BCUT2D eigenvalue weighted by Crippen LogP contribution is 2.28. The van der Waals surface area contributed by atoms with E-state index in [2.05, 4.69) is 30.2 Å². The van der Waals surface area contributed by atoms with Crippen molar-refractivity contribution in [3.63, 3.8) is 0 Å². The van der Waals surface area contributed by atoms with Crippen LogP contribution in [-0.2, 0) is 0 Å². The minimum atomic E-state index is -0.567. The summed E-state index contributed by atoms with van der Waals surface area (Å²) in [6, 6.07) is 0. The third-order valence-corrected chi connectivity index (χ3v) is 3.63. The van der Waals surface area contributed by atoms with Crippen molar-refractivity contribution in [2.75, 3.05) is 30.4 Å². The number of anilines is 2. The lowest BCUT2D eigenvalue weighted by atomic mass is 9.94. The Hall–Kier alpha value is -1.89. The summed E-state index contributed by atoms with van der Waals surface area (Å²) < 4.78 is 0. The van der Waals surface area contributed by atoms with Crippen LogP contribution in [0, 0.1) is 0 Å². The third kappa shape index (κ3) is 2.21. The fourth-order valence-electron chi connectivity index (χ4n) is 2.36. The molecule has 0 radical (unpaired) electrons. The van der Waals surface area contributed by atoms with Crippen molar-refractivity contribution in [2.24, 2.45) is 0 Å². The number of nitrogens with one attached hydrogen (secondary N) is 2. The highest BCUT2D eigenvalue weighted by molar-refractivity contribution is 5.84. The van der Waals surface area contributed by atoms with Crippen LogP contribution < -0.4 is 10.2 Å². The third-order valence-electron chi connectivity index (χ3n) is 3.63. The van der Waals surface area contributed by atoms with Crippen molar-refractivity contribution in [3.8, 4) is 0 Å². The molecule has 1 aliphatic heterocycles. The number of aromatic amines is 1. The normalized spacial score (nSPS) is 18.8. The first-order chi connectivity index (χ1) is 9.09. The number of aromatic nitrogens is 4. The summed E-state index contributed by atoms with van der Waals surface area (Å²) in [4.78, 5) is 18.3. The molecule has 2 aromatic heterocycles. The van der Waals surface area contributed by atoms with Crippen LogP contribution in [0.25, 0.3) is 11.2 Å². The van der Waals surface area contributed by atoms with Gasteiger partial charge in [0.15, 0.2) is 11.5 Å². The number of aliphatic hydroxyl groups is 1. The van der Waals surface area contributed by atoms with Gasteiger partial charge in [-0.25, -0.2) is 4.98 Å². The molecular weight excluding hydrogens is 244 g/mol. The number of piperidine rings is 1. The van der Waals surface area contributed by atoms with Crippen molar-refractivity contribution in [1.29, 1.82) is 0 Å². The summed E-state index contributed by atoms with van der Waals surface area (Å²) in [5.41, 5.74) is 0.940. The van der Waals surface area contributed by atoms with E-state index in [1.807, 2.05) is 6.92 Å². The van der Waals surface area contributed by atoms with Crippen molar-refractivity contribution >= 4 is 22.9 Å². The van der Waals surface area contributed by atoms with Crippen molar-refractivity contribution in [3.05, 3.63) is 6.33 Å². The zero-order chi connectivity index (χ0) is 13.5. The van der Waals surface area contributed by atoms with Crippen LogP contribution in [0.1, 0.15) is 19.8 Å². The van der Waals surface area contributed by atoms with E-state index in [1.165, 1.54) is 0 Å². The number of hydrogen-bond acceptors (Lipinski definition) is 6. The number of nitrogens with zero attached hydrogens (tertiary/aromatic N) is 4. The Kier molecular flexibility index (Phi) is 2.78. The lowest BCUT2D eigenvalue weighted by molar-refractivity contribution is 0.0350. The first-order valence-corrected chi connectivity index (χ1v) is 6.45. The molecule has 7 nitrogen and oxygen atoms in total. The number of hydrogen-bond donors (Lipinski definition) is 3. The lowest BCUT2D eigenvalue weighted by Crippen LogP contribution is -2.43. The van der Waals surface area contributed by atoms with Crippen LogP contribution in [0.15, 0.2) is 6.33 Å². The smallest absolute Gasteiger partial charge is 0.226 e. The standard InChI is InChI=1S/C12H18N6O/c1-12(19)3-5-18(6-4-12)10-8-9(15-7-14-8)16-11(13-2)17-10/h7,19H,3-6H2,1-2H3,(H2,13,14,15,16,17). The van der Waals surface area contributed by atoms with Gasteiger partial charge in [-0.2, -0.15) is 9.97 Å². The van der Waals surface area contributed by atoms with E-state index in [-0.39, 0.29) is 0 Å². The van der Waals surface area contributed by atoms with Crippen LogP contribution >= 0.6 is 0 Å². The van der Waals surface area contributed by atoms with E-state index in [4.69, 9.17) is 0 Å². The van der Waals surface area contributed by atoms with Crippen molar-refractivity contribution < 1.29 is 5.11 Å². The Morgan fingerprint density at radius 1 is 1.37 bits per heavy atom. The van der Waals surface area contributed by atoms with E-state index in [9.17, 15) is 5.11 Å². The molecule has 3 heterocycles. The molecule has 3 N–H and O–H groups in total. The SMILES string of the molecule is CNc1nc(N2CCC(C)(O)CC2)c2[nH]cnc2n1. The van der Waals surface area contributed by atoms with Gasteiger partial charge in [-0.3, -0.25) is 0 Å². The van der Waals surface area contributed by atoms with Crippen LogP contribution in [0.4, 0.5) is 11.8 Å². The Bertz CT molecular complexity index is 583. The van der Waals surface area contributed by atoms with Crippen LogP contribution in [0.5, 0.6) is 0 Å². The predicted octanol–water partition coefficient (Wildman–Crippen LogP) is 0.746. The molecule has 0 spiro atoms. The molecule has 102 valence electrons. The van der Waals surface area contributed by atoms with Gasteiger partial charge in [-0.05, 0) is 19.8 Å². The predicted molar refractivity (Wildman–Crippen MR) is 73.3 cm³/mol. The van der Waals surface area contributed by atoms with E-state index in [1.54, 1.807) is 13.4 Å². The van der Waals surface area contributed by atoms with Crippen LogP contribution in [-0.4, -0.2) is 50.8 Å². The summed E-state index contributed by atoms with van der Waals surface area (Å²) in [5, 5.41) is 13.0.